The summed E-state index contributed by atoms with van der Waals surface area (Å²) in [6.07, 6.45) is 0.832. The Labute approximate surface area is 123 Å². The van der Waals surface area contributed by atoms with Crippen LogP contribution in [0.25, 0.3) is 0 Å². The molecule has 2 amide bonds. The Morgan fingerprint density at radius 1 is 1.33 bits per heavy atom. The summed E-state index contributed by atoms with van der Waals surface area (Å²) >= 11 is 0. The molecule has 1 unspecified atom stereocenters. The molecule has 0 bridgehead atoms. The van der Waals surface area contributed by atoms with Crippen molar-refractivity contribution < 1.29 is 19.1 Å². The molecule has 0 aliphatic carbocycles. The molecule has 0 heterocycles. The molecule has 0 fully saturated rings. The minimum atomic E-state index is -1.29. The first-order valence-corrected chi connectivity index (χ1v) is 6.79. The van der Waals surface area contributed by atoms with Gasteiger partial charge in [-0.15, -0.1) is 0 Å². The molecule has 0 aliphatic rings. The number of hydrogen-bond acceptors (Lipinski definition) is 2. The van der Waals surface area contributed by atoms with Crippen molar-refractivity contribution in [1.82, 2.24) is 4.90 Å². The van der Waals surface area contributed by atoms with Gasteiger partial charge in [-0.1, -0.05) is 13.8 Å². The number of anilines is 1. The Hall–Kier alpha value is -2.11. The zero-order valence-corrected chi connectivity index (χ0v) is 12.7. The number of carboxylic acids is 1. The molecular weight excluding hydrogens is 275 g/mol. The Balaban J connectivity index is 2.86. The van der Waals surface area contributed by atoms with Crippen molar-refractivity contribution in [1.29, 1.82) is 0 Å². The molecule has 0 saturated carbocycles. The number of nitrogens with zero attached hydrogens (tertiary/aromatic N) is 1. The summed E-state index contributed by atoms with van der Waals surface area (Å²) in [5, 5.41) is 11.6. The van der Waals surface area contributed by atoms with Gasteiger partial charge in [0.1, 0.15) is 5.82 Å². The van der Waals surface area contributed by atoms with Crippen molar-refractivity contribution in [2.75, 3.05) is 12.4 Å². The zero-order valence-electron chi connectivity index (χ0n) is 12.7. The summed E-state index contributed by atoms with van der Waals surface area (Å²) in [6.45, 7) is 6.04. The van der Waals surface area contributed by atoms with Crippen LogP contribution in [-0.2, 0) is 0 Å². The number of benzene rings is 1. The van der Waals surface area contributed by atoms with Crippen LogP contribution in [0.15, 0.2) is 18.2 Å². The zero-order chi connectivity index (χ0) is 16.2. The highest BCUT2D eigenvalue weighted by Crippen LogP contribution is 2.18. The highest BCUT2D eigenvalue weighted by molar-refractivity contribution is 6.00. The van der Waals surface area contributed by atoms with Gasteiger partial charge >= 0.3 is 12.0 Å². The van der Waals surface area contributed by atoms with Crippen molar-refractivity contribution >= 4 is 17.7 Å². The predicted octanol–water partition coefficient (Wildman–Crippen LogP) is 3.42. The van der Waals surface area contributed by atoms with E-state index in [-0.39, 0.29) is 17.3 Å². The minimum absolute atomic E-state index is 0.0127. The second-order valence-corrected chi connectivity index (χ2v) is 5.51. The summed E-state index contributed by atoms with van der Waals surface area (Å²) in [4.78, 5) is 24.7. The van der Waals surface area contributed by atoms with Crippen LogP contribution in [0.1, 0.15) is 37.6 Å². The number of urea groups is 1. The summed E-state index contributed by atoms with van der Waals surface area (Å²) in [5.41, 5.74) is -0.189. The molecule has 2 N–H and O–H groups in total. The van der Waals surface area contributed by atoms with Gasteiger partial charge in [0.15, 0.2) is 0 Å². The van der Waals surface area contributed by atoms with Gasteiger partial charge in [0.05, 0.1) is 11.3 Å². The molecule has 1 aromatic rings. The maximum atomic E-state index is 13.1. The minimum Gasteiger partial charge on any atom is -0.478 e. The number of amides is 2. The molecule has 1 atom stereocenters. The van der Waals surface area contributed by atoms with Crippen LogP contribution in [0, 0.1) is 11.7 Å². The lowest BCUT2D eigenvalue weighted by Crippen LogP contribution is -2.39. The normalized spacial score (nSPS) is 12.1. The van der Waals surface area contributed by atoms with Crippen LogP contribution >= 0.6 is 0 Å². The Bertz CT molecular complexity index is 532. The first-order chi connectivity index (χ1) is 9.72. The number of aromatic carboxylic acids is 1. The molecule has 1 rings (SSSR count). The second-order valence-electron chi connectivity index (χ2n) is 5.51. The van der Waals surface area contributed by atoms with Crippen molar-refractivity contribution in [3.63, 3.8) is 0 Å². The maximum Gasteiger partial charge on any atom is 0.337 e. The van der Waals surface area contributed by atoms with Gasteiger partial charge in [-0.05, 0) is 37.5 Å². The molecule has 0 saturated heterocycles. The Morgan fingerprint density at radius 3 is 2.48 bits per heavy atom. The number of nitrogens with one attached hydrogen (secondary N) is 1. The fourth-order valence-electron chi connectivity index (χ4n) is 2.05. The van der Waals surface area contributed by atoms with E-state index in [1.165, 1.54) is 11.0 Å². The van der Waals surface area contributed by atoms with Gasteiger partial charge in [-0.3, -0.25) is 0 Å². The van der Waals surface area contributed by atoms with Crippen LogP contribution < -0.4 is 5.32 Å². The van der Waals surface area contributed by atoms with Crippen LogP contribution in [-0.4, -0.2) is 35.1 Å². The van der Waals surface area contributed by atoms with E-state index in [1.807, 2.05) is 6.92 Å². The lowest BCUT2D eigenvalue weighted by molar-refractivity contribution is 0.0697. The highest BCUT2D eigenvalue weighted by atomic mass is 19.1. The van der Waals surface area contributed by atoms with Gasteiger partial charge < -0.3 is 15.3 Å². The van der Waals surface area contributed by atoms with E-state index >= 15 is 0 Å². The van der Waals surface area contributed by atoms with Gasteiger partial charge in [0.2, 0.25) is 0 Å². The summed E-state index contributed by atoms with van der Waals surface area (Å²) in [6, 6.07) is 2.84. The van der Waals surface area contributed by atoms with E-state index in [9.17, 15) is 14.0 Å². The average Bonchev–Trinajstić information content (AvgIpc) is 2.38. The molecule has 21 heavy (non-hydrogen) atoms. The third kappa shape index (κ3) is 4.73. The third-order valence-electron chi connectivity index (χ3n) is 3.25. The van der Waals surface area contributed by atoms with Crippen LogP contribution in [0.4, 0.5) is 14.9 Å². The van der Waals surface area contributed by atoms with Gasteiger partial charge in [0.25, 0.3) is 0 Å². The standard InChI is InChI=1S/C15H21FN2O3/c1-9(2)7-10(3)18(4)15(21)17-13-6-5-11(16)8-12(13)14(19)20/h5-6,8-10H,7H2,1-4H3,(H,17,21)(H,19,20). The first kappa shape index (κ1) is 16.9. The van der Waals surface area contributed by atoms with Crippen molar-refractivity contribution in [3.05, 3.63) is 29.6 Å². The van der Waals surface area contributed by atoms with Crippen LogP contribution in [0.5, 0.6) is 0 Å². The molecule has 0 radical (unpaired) electrons. The number of halogens is 1. The van der Waals surface area contributed by atoms with E-state index in [1.54, 1.807) is 7.05 Å². The summed E-state index contributed by atoms with van der Waals surface area (Å²) in [7, 11) is 1.65. The topological polar surface area (TPSA) is 69.6 Å². The second kappa shape index (κ2) is 7.06. The fourth-order valence-corrected chi connectivity index (χ4v) is 2.05. The average molecular weight is 296 g/mol. The van der Waals surface area contributed by atoms with Crippen LogP contribution in [0.2, 0.25) is 0 Å². The number of carboxylic acid groups (broad SMARTS) is 1. The number of rotatable bonds is 5. The maximum absolute atomic E-state index is 13.1. The smallest absolute Gasteiger partial charge is 0.337 e. The van der Waals surface area contributed by atoms with Crippen LogP contribution in [0.3, 0.4) is 0 Å². The Morgan fingerprint density at radius 2 is 1.95 bits per heavy atom. The van der Waals surface area contributed by atoms with Gasteiger partial charge in [-0.2, -0.15) is 0 Å². The van der Waals surface area contributed by atoms with Gasteiger partial charge in [0, 0.05) is 13.1 Å². The molecule has 5 nitrogen and oxygen atoms in total. The van der Waals surface area contributed by atoms with E-state index in [0.29, 0.717) is 5.92 Å². The monoisotopic (exact) mass is 296 g/mol. The summed E-state index contributed by atoms with van der Waals surface area (Å²) in [5.74, 6) is -1.51. The third-order valence-corrected chi connectivity index (χ3v) is 3.25. The van der Waals surface area contributed by atoms with E-state index < -0.39 is 17.8 Å². The van der Waals surface area contributed by atoms with Crippen molar-refractivity contribution in [2.45, 2.75) is 33.2 Å². The SMILES string of the molecule is CC(C)CC(C)N(C)C(=O)Nc1ccc(F)cc1C(=O)O. The van der Waals surface area contributed by atoms with Gasteiger partial charge in [-0.25, -0.2) is 14.0 Å². The fraction of sp³-hybridized carbons (Fsp3) is 0.467. The molecule has 0 aromatic heterocycles. The quantitative estimate of drug-likeness (QED) is 0.874. The molecule has 0 spiro atoms. The largest absolute Gasteiger partial charge is 0.478 e. The van der Waals surface area contributed by atoms with Crippen molar-refractivity contribution in [3.8, 4) is 0 Å². The van der Waals surface area contributed by atoms with E-state index in [4.69, 9.17) is 5.11 Å². The summed E-state index contributed by atoms with van der Waals surface area (Å²) < 4.78 is 13.1. The Kier molecular flexibility index (Phi) is 5.69. The predicted molar refractivity (Wildman–Crippen MR) is 79.1 cm³/mol. The van der Waals surface area contributed by atoms with E-state index in [2.05, 4.69) is 19.2 Å². The van der Waals surface area contributed by atoms with E-state index in [0.717, 1.165) is 18.6 Å². The molecule has 0 aliphatic heterocycles. The molecule has 116 valence electrons. The molecule has 1 aromatic carbocycles. The lowest BCUT2D eigenvalue weighted by atomic mass is 10.0. The first-order valence-electron chi connectivity index (χ1n) is 6.79. The molecular formula is C15H21FN2O3. The highest BCUT2D eigenvalue weighted by Gasteiger charge is 2.19. The number of carbonyl (C=O) groups excluding carboxylic acids is 1. The molecule has 6 heteroatoms. The lowest BCUT2D eigenvalue weighted by Gasteiger charge is -2.26. The van der Waals surface area contributed by atoms with Crippen molar-refractivity contribution in [2.24, 2.45) is 5.92 Å². The number of hydrogen-bond donors (Lipinski definition) is 2. The number of carbonyl (C=O) groups is 2.